The Hall–Kier alpha value is -3.05. The zero-order chi connectivity index (χ0) is 18.1. The normalized spacial score (nSPS) is 10.7. The number of H-pyrrole nitrogens is 1. The summed E-state index contributed by atoms with van der Waals surface area (Å²) in [7, 11) is 1.65. The van der Waals surface area contributed by atoms with Gasteiger partial charge in [-0.15, -0.1) is 0 Å². The van der Waals surface area contributed by atoms with Crippen LogP contribution in [0.3, 0.4) is 0 Å². The van der Waals surface area contributed by atoms with Gasteiger partial charge < -0.3 is 9.72 Å². The first kappa shape index (κ1) is 16.8. The lowest BCUT2D eigenvalue weighted by Crippen LogP contribution is -2.18. The number of aryl methyl sites for hydroxylation is 1. The van der Waals surface area contributed by atoms with Crippen molar-refractivity contribution in [1.29, 1.82) is 0 Å². The minimum atomic E-state index is -0.554. The van der Waals surface area contributed by atoms with Crippen molar-refractivity contribution in [3.63, 3.8) is 0 Å². The van der Waals surface area contributed by atoms with Gasteiger partial charge in [-0.2, -0.15) is 0 Å². The van der Waals surface area contributed by atoms with Crippen molar-refractivity contribution >= 4 is 22.4 Å². The van der Waals surface area contributed by atoms with E-state index in [0.717, 1.165) is 44.5 Å². The molecule has 2 aromatic carbocycles. The highest BCUT2D eigenvalue weighted by atomic mass is 16.5. The Kier molecular flexibility index (Phi) is 4.33. The number of carbonyl (C=O) groups is 1. The second-order valence-corrected chi connectivity index (χ2v) is 6.00. The van der Waals surface area contributed by atoms with E-state index in [0.29, 0.717) is 5.56 Å². The lowest BCUT2D eigenvalue weighted by atomic mass is 9.94. The van der Waals surface area contributed by atoms with E-state index >= 15 is 0 Å². The van der Waals surface area contributed by atoms with Gasteiger partial charge in [0.15, 0.2) is 0 Å². The summed E-state index contributed by atoms with van der Waals surface area (Å²) in [6, 6.07) is 9.77. The van der Waals surface area contributed by atoms with Crippen molar-refractivity contribution in [1.82, 2.24) is 10.5 Å². The molecular formula is C20H20N2O3. The maximum atomic E-state index is 11.8. The van der Waals surface area contributed by atoms with Gasteiger partial charge in [0, 0.05) is 17.1 Å². The minimum Gasteiger partial charge on any atom is -0.496 e. The van der Waals surface area contributed by atoms with E-state index in [1.54, 1.807) is 18.8 Å². The Balaban J connectivity index is 2.08. The monoisotopic (exact) mass is 336 g/mol. The van der Waals surface area contributed by atoms with Crippen LogP contribution in [0.4, 0.5) is 0 Å². The maximum absolute atomic E-state index is 11.8. The van der Waals surface area contributed by atoms with E-state index in [4.69, 9.17) is 9.94 Å². The first-order valence-electron chi connectivity index (χ1n) is 7.86. The highest BCUT2D eigenvalue weighted by molar-refractivity contribution is 6.07. The molecule has 1 aromatic heterocycles. The molecule has 0 fully saturated rings. The van der Waals surface area contributed by atoms with Gasteiger partial charge in [0.05, 0.1) is 12.7 Å². The molecule has 0 spiro atoms. The van der Waals surface area contributed by atoms with E-state index in [9.17, 15) is 4.79 Å². The summed E-state index contributed by atoms with van der Waals surface area (Å²) in [6.45, 7) is 8.27. The smallest absolute Gasteiger partial charge is 0.276 e. The molecule has 25 heavy (non-hydrogen) atoms. The quantitative estimate of drug-likeness (QED) is 0.498. The third-order valence-corrected chi connectivity index (χ3v) is 4.56. The topological polar surface area (TPSA) is 74.4 Å². The van der Waals surface area contributed by atoms with Crippen molar-refractivity contribution < 1.29 is 14.7 Å². The Labute approximate surface area is 145 Å². The van der Waals surface area contributed by atoms with Crippen LogP contribution in [-0.4, -0.2) is 23.2 Å². The Morgan fingerprint density at radius 3 is 2.64 bits per heavy atom. The Morgan fingerprint density at radius 2 is 1.96 bits per heavy atom. The molecule has 0 aliphatic carbocycles. The number of amides is 1. The molecule has 3 rings (SSSR count). The molecule has 0 unspecified atom stereocenters. The molecule has 0 atom stereocenters. The molecule has 1 amide bonds. The van der Waals surface area contributed by atoms with Crippen molar-refractivity contribution in [3.05, 3.63) is 70.9 Å². The number of aromatic nitrogens is 1. The van der Waals surface area contributed by atoms with Crippen LogP contribution in [0.2, 0.25) is 0 Å². The van der Waals surface area contributed by atoms with Gasteiger partial charge in [-0.1, -0.05) is 18.7 Å². The summed E-state index contributed by atoms with van der Waals surface area (Å²) in [5, 5.41) is 9.62. The van der Waals surface area contributed by atoms with Crippen molar-refractivity contribution in [2.24, 2.45) is 0 Å². The molecule has 128 valence electrons. The highest BCUT2D eigenvalue weighted by Crippen LogP contribution is 2.31. The highest BCUT2D eigenvalue weighted by Gasteiger charge is 2.14. The average molecular weight is 336 g/mol. The number of hydrogen-bond acceptors (Lipinski definition) is 3. The van der Waals surface area contributed by atoms with Crippen LogP contribution < -0.4 is 10.2 Å². The molecule has 3 N–H and O–H groups in total. The summed E-state index contributed by atoms with van der Waals surface area (Å²) in [5.74, 6) is 0.265. The number of rotatable bonds is 4. The third kappa shape index (κ3) is 2.90. The fraction of sp³-hybridized carbons (Fsp3) is 0.150. The van der Waals surface area contributed by atoms with Crippen LogP contribution in [0, 0.1) is 13.8 Å². The SMILES string of the molecule is C=C(c1cc(C)c(C)c(OC)c1)c1ccc2[nH]cc(C(=O)NO)c2c1. The lowest BCUT2D eigenvalue weighted by molar-refractivity contribution is 0.0708. The van der Waals surface area contributed by atoms with Gasteiger partial charge in [0.2, 0.25) is 0 Å². The van der Waals surface area contributed by atoms with E-state index < -0.39 is 5.91 Å². The van der Waals surface area contributed by atoms with Crippen molar-refractivity contribution in [2.75, 3.05) is 7.11 Å². The number of benzene rings is 2. The molecule has 5 heteroatoms. The van der Waals surface area contributed by atoms with Crippen LogP contribution >= 0.6 is 0 Å². The fourth-order valence-corrected chi connectivity index (χ4v) is 2.94. The Bertz CT molecular complexity index is 986. The largest absolute Gasteiger partial charge is 0.496 e. The van der Waals surface area contributed by atoms with Gasteiger partial charge in [-0.05, 0) is 59.9 Å². The first-order chi connectivity index (χ1) is 12.0. The van der Waals surface area contributed by atoms with Crippen LogP contribution in [0.5, 0.6) is 5.75 Å². The van der Waals surface area contributed by atoms with E-state index in [1.807, 2.05) is 38.1 Å². The van der Waals surface area contributed by atoms with Gasteiger partial charge in [-0.25, -0.2) is 5.48 Å². The number of aromatic amines is 1. The average Bonchev–Trinajstić information content (AvgIpc) is 3.05. The predicted octanol–water partition coefficient (Wildman–Crippen LogP) is 3.97. The van der Waals surface area contributed by atoms with Gasteiger partial charge in [0.25, 0.3) is 5.91 Å². The molecular weight excluding hydrogens is 316 g/mol. The van der Waals surface area contributed by atoms with E-state index in [-0.39, 0.29) is 0 Å². The number of methoxy groups -OCH3 is 1. The van der Waals surface area contributed by atoms with Gasteiger partial charge in [-0.3, -0.25) is 10.0 Å². The standard InChI is InChI=1S/C20H20N2O3/c1-11-7-15(9-19(25-4)12(11)2)13(3)14-5-6-18-16(8-14)17(10-21-18)20(23)22-24/h5-10,21,24H,3H2,1-2,4H3,(H,22,23). The lowest BCUT2D eigenvalue weighted by Gasteiger charge is -2.13. The zero-order valence-electron chi connectivity index (χ0n) is 14.4. The second-order valence-electron chi connectivity index (χ2n) is 6.00. The summed E-state index contributed by atoms with van der Waals surface area (Å²) in [5.41, 5.74) is 7.77. The molecule has 0 saturated carbocycles. The molecule has 3 aromatic rings. The van der Waals surface area contributed by atoms with Gasteiger partial charge in [0.1, 0.15) is 5.75 Å². The summed E-state index contributed by atoms with van der Waals surface area (Å²) >= 11 is 0. The minimum absolute atomic E-state index is 0.379. The molecule has 5 nitrogen and oxygen atoms in total. The Morgan fingerprint density at radius 1 is 1.20 bits per heavy atom. The van der Waals surface area contributed by atoms with Gasteiger partial charge >= 0.3 is 0 Å². The maximum Gasteiger partial charge on any atom is 0.276 e. The first-order valence-corrected chi connectivity index (χ1v) is 7.86. The van der Waals surface area contributed by atoms with E-state index in [1.165, 1.54) is 0 Å². The number of hydroxylamine groups is 1. The van der Waals surface area contributed by atoms with Crippen LogP contribution in [0.1, 0.15) is 32.6 Å². The summed E-state index contributed by atoms with van der Waals surface area (Å²) < 4.78 is 5.45. The number of fused-ring (bicyclic) bond motifs is 1. The molecule has 1 heterocycles. The van der Waals surface area contributed by atoms with Crippen LogP contribution in [0.15, 0.2) is 43.1 Å². The van der Waals surface area contributed by atoms with E-state index in [2.05, 4.69) is 17.6 Å². The fourth-order valence-electron chi connectivity index (χ4n) is 2.94. The second kappa shape index (κ2) is 6.45. The molecule has 0 radical (unpaired) electrons. The summed E-state index contributed by atoms with van der Waals surface area (Å²) in [4.78, 5) is 14.8. The van der Waals surface area contributed by atoms with Crippen molar-refractivity contribution in [2.45, 2.75) is 13.8 Å². The zero-order valence-corrected chi connectivity index (χ0v) is 14.4. The molecule has 0 bridgehead atoms. The number of ether oxygens (including phenoxy) is 1. The number of hydrogen-bond donors (Lipinski definition) is 3. The third-order valence-electron chi connectivity index (χ3n) is 4.56. The molecule has 0 saturated heterocycles. The van der Waals surface area contributed by atoms with Crippen LogP contribution in [0.25, 0.3) is 16.5 Å². The molecule has 0 aliphatic rings. The predicted molar refractivity (Wildman–Crippen MR) is 98.2 cm³/mol. The summed E-state index contributed by atoms with van der Waals surface area (Å²) in [6.07, 6.45) is 1.57. The molecule has 0 aliphatic heterocycles. The number of carbonyl (C=O) groups excluding carboxylic acids is 1. The van der Waals surface area contributed by atoms with Crippen LogP contribution in [-0.2, 0) is 0 Å². The van der Waals surface area contributed by atoms with Crippen molar-refractivity contribution in [3.8, 4) is 5.75 Å². The number of nitrogens with one attached hydrogen (secondary N) is 2.